The molecular formula is C20H26BrN3OS. The topological polar surface area (TPSA) is 46.9 Å². The van der Waals surface area contributed by atoms with Crippen molar-refractivity contribution < 1.29 is 4.79 Å². The van der Waals surface area contributed by atoms with E-state index < -0.39 is 0 Å². The Labute approximate surface area is 168 Å². The average Bonchev–Trinajstić information content (AvgIpc) is 3.03. The highest BCUT2D eigenvalue weighted by Crippen LogP contribution is 2.21. The largest absolute Gasteiger partial charge is 0.319 e. The second-order valence-electron chi connectivity index (χ2n) is 6.81. The second kappa shape index (κ2) is 9.72. The summed E-state index contributed by atoms with van der Waals surface area (Å²) in [6.45, 7) is 1.06. The molecule has 1 aromatic heterocycles. The van der Waals surface area contributed by atoms with Crippen LogP contribution in [0.25, 0.3) is 0 Å². The number of hydrogen-bond acceptors (Lipinski definition) is 4. The first-order valence-electron chi connectivity index (χ1n) is 9.33. The van der Waals surface area contributed by atoms with Crippen LogP contribution in [0.2, 0.25) is 0 Å². The molecule has 6 heteroatoms. The van der Waals surface area contributed by atoms with Gasteiger partial charge in [-0.25, -0.2) is 4.98 Å². The van der Waals surface area contributed by atoms with Crippen LogP contribution >= 0.6 is 27.7 Å². The maximum Gasteiger partial charge on any atom is 0.211 e. The van der Waals surface area contributed by atoms with Gasteiger partial charge in [0.25, 0.3) is 0 Å². The summed E-state index contributed by atoms with van der Waals surface area (Å²) in [7, 11) is 1.92. The van der Waals surface area contributed by atoms with Gasteiger partial charge in [0.15, 0.2) is 5.16 Å². The molecule has 1 aliphatic carbocycles. The van der Waals surface area contributed by atoms with E-state index in [1.165, 1.54) is 32.1 Å². The van der Waals surface area contributed by atoms with E-state index in [-0.39, 0.29) is 5.78 Å². The van der Waals surface area contributed by atoms with Crippen LogP contribution in [0.3, 0.4) is 0 Å². The third-order valence-corrected chi connectivity index (χ3v) is 6.53. The van der Waals surface area contributed by atoms with E-state index in [2.05, 4.69) is 26.2 Å². The average molecular weight is 436 g/mol. The number of aromatic nitrogens is 2. The Bertz CT molecular complexity index is 723. The molecule has 26 heavy (non-hydrogen) atoms. The Morgan fingerprint density at radius 3 is 2.73 bits per heavy atom. The van der Waals surface area contributed by atoms with Crippen LogP contribution in [-0.2, 0) is 7.05 Å². The molecule has 1 saturated carbocycles. The second-order valence-corrected chi connectivity index (χ2v) is 8.79. The van der Waals surface area contributed by atoms with E-state index >= 15 is 0 Å². The number of ketones is 1. The molecule has 4 nitrogen and oxygen atoms in total. The molecule has 0 bridgehead atoms. The van der Waals surface area contributed by atoms with E-state index in [1.54, 1.807) is 18.0 Å². The van der Waals surface area contributed by atoms with Crippen molar-refractivity contribution in [3.05, 3.63) is 46.2 Å². The van der Waals surface area contributed by atoms with Crippen molar-refractivity contribution in [3.63, 3.8) is 0 Å². The van der Waals surface area contributed by atoms with Crippen LogP contribution in [0.4, 0.5) is 0 Å². The van der Waals surface area contributed by atoms with E-state index in [9.17, 15) is 4.79 Å². The predicted molar refractivity (Wildman–Crippen MR) is 111 cm³/mol. The van der Waals surface area contributed by atoms with Crippen molar-refractivity contribution >= 4 is 33.5 Å². The lowest BCUT2D eigenvalue weighted by Gasteiger charge is -2.22. The van der Waals surface area contributed by atoms with Crippen molar-refractivity contribution in [3.8, 4) is 0 Å². The van der Waals surface area contributed by atoms with Crippen molar-refractivity contribution in [1.29, 1.82) is 0 Å². The number of hydrogen-bond donors (Lipinski definition) is 1. The first kappa shape index (κ1) is 19.6. The molecule has 0 amide bonds. The summed E-state index contributed by atoms with van der Waals surface area (Å²) < 4.78 is 2.88. The van der Waals surface area contributed by atoms with Gasteiger partial charge in [-0.3, -0.25) is 4.79 Å². The van der Waals surface area contributed by atoms with Gasteiger partial charge in [0.2, 0.25) is 5.78 Å². The zero-order chi connectivity index (χ0) is 18.4. The van der Waals surface area contributed by atoms with Gasteiger partial charge in [-0.15, -0.1) is 0 Å². The zero-order valence-corrected chi connectivity index (χ0v) is 17.6. The Morgan fingerprint density at radius 2 is 2.00 bits per heavy atom. The number of halogens is 1. The van der Waals surface area contributed by atoms with Crippen LogP contribution in [0.5, 0.6) is 0 Å². The fourth-order valence-corrected chi connectivity index (χ4v) is 4.49. The Balaban J connectivity index is 1.47. The zero-order valence-electron chi connectivity index (χ0n) is 15.2. The van der Waals surface area contributed by atoms with E-state index in [0.29, 0.717) is 11.3 Å². The standard InChI is InChI=1S/C20H26BrN3OS/c1-24-18(19(25)15-8-10-16(21)11-9-15)14-23-20(24)26-13-5-12-22-17-6-3-2-4-7-17/h8-11,14,17,22H,2-7,12-13H2,1H3. The number of imidazole rings is 1. The minimum Gasteiger partial charge on any atom is -0.319 e. The quantitative estimate of drug-likeness (QED) is 0.366. The normalized spacial score (nSPS) is 15.3. The molecule has 0 atom stereocenters. The smallest absolute Gasteiger partial charge is 0.211 e. The molecule has 140 valence electrons. The summed E-state index contributed by atoms with van der Waals surface area (Å²) >= 11 is 5.12. The first-order chi connectivity index (χ1) is 12.6. The first-order valence-corrected chi connectivity index (χ1v) is 11.1. The number of carbonyl (C=O) groups excluding carboxylic acids is 1. The van der Waals surface area contributed by atoms with Gasteiger partial charge in [0.05, 0.1) is 6.20 Å². The van der Waals surface area contributed by atoms with Crippen LogP contribution in [-0.4, -0.2) is 33.7 Å². The van der Waals surface area contributed by atoms with Gasteiger partial charge in [0, 0.05) is 28.9 Å². The van der Waals surface area contributed by atoms with Crippen LogP contribution in [0.1, 0.15) is 54.6 Å². The molecule has 1 aromatic carbocycles. The third-order valence-electron chi connectivity index (χ3n) is 4.88. The molecule has 0 unspecified atom stereocenters. The van der Waals surface area contributed by atoms with Gasteiger partial charge >= 0.3 is 0 Å². The Kier molecular flexibility index (Phi) is 7.34. The van der Waals surface area contributed by atoms with Crippen molar-refractivity contribution in [2.24, 2.45) is 7.05 Å². The molecule has 0 saturated heterocycles. The lowest BCUT2D eigenvalue weighted by molar-refractivity contribution is 0.103. The maximum absolute atomic E-state index is 12.6. The van der Waals surface area contributed by atoms with E-state index in [4.69, 9.17) is 0 Å². The number of thioether (sulfide) groups is 1. The van der Waals surface area contributed by atoms with Crippen molar-refractivity contribution in [1.82, 2.24) is 14.9 Å². The van der Waals surface area contributed by atoms with Gasteiger partial charge in [0.1, 0.15) is 5.69 Å². The van der Waals surface area contributed by atoms with Crippen molar-refractivity contribution in [2.75, 3.05) is 12.3 Å². The van der Waals surface area contributed by atoms with Crippen molar-refractivity contribution in [2.45, 2.75) is 49.7 Å². The third kappa shape index (κ3) is 5.21. The predicted octanol–water partition coefficient (Wildman–Crippen LogP) is 4.82. The molecule has 0 radical (unpaired) electrons. The molecule has 0 aliphatic heterocycles. The molecule has 1 N–H and O–H groups in total. The summed E-state index contributed by atoms with van der Waals surface area (Å²) in [5.74, 6) is 1.02. The Morgan fingerprint density at radius 1 is 1.27 bits per heavy atom. The molecule has 0 spiro atoms. The maximum atomic E-state index is 12.6. The van der Waals surface area contributed by atoms with Crippen LogP contribution < -0.4 is 5.32 Å². The SMILES string of the molecule is Cn1c(C(=O)c2ccc(Br)cc2)cnc1SCCCNC1CCCCC1. The number of benzene rings is 1. The number of nitrogens with one attached hydrogen (secondary N) is 1. The van der Waals surface area contributed by atoms with Crippen LogP contribution in [0, 0.1) is 0 Å². The Hall–Kier alpha value is -1.11. The highest BCUT2D eigenvalue weighted by Gasteiger charge is 2.16. The monoisotopic (exact) mass is 435 g/mol. The molecule has 3 rings (SSSR count). The fourth-order valence-electron chi connectivity index (χ4n) is 3.34. The summed E-state index contributed by atoms with van der Waals surface area (Å²) in [5.41, 5.74) is 1.32. The lowest BCUT2D eigenvalue weighted by Crippen LogP contribution is -2.31. The minimum atomic E-state index is 0.0123. The highest BCUT2D eigenvalue weighted by atomic mass is 79.9. The molecule has 1 heterocycles. The molecule has 1 fully saturated rings. The highest BCUT2D eigenvalue weighted by molar-refractivity contribution is 9.10. The summed E-state index contributed by atoms with van der Waals surface area (Å²) in [4.78, 5) is 17.1. The van der Waals surface area contributed by atoms with Gasteiger partial charge in [-0.2, -0.15) is 0 Å². The lowest BCUT2D eigenvalue weighted by atomic mass is 9.95. The summed E-state index contributed by atoms with van der Waals surface area (Å²) in [6, 6.07) is 8.17. The molecule has 2 aromatic rings. The van der Waals surface area contributed by atoms with Gasteiger partial charge < -0.3 is 9.88 Å². The molecular weight excluding hydrogens is 410 g/mol. The number of carbonyl (C=O) groups is 1. The van der Waals surface area contributed by atoms with Gasteiger partial charge in [-0.1, -0.05) is 47.0 Å². The van der Waals surface area contributed by atoms with E-state index in [0.717, 1.165) is 34.4 Å². The van der Waals surface area contributed by atoms with E-state index in [1.807, 2.05) is 35.9 Å². The minimum absolute atomic E-state index is 0.0123. The summed E-state index contributed by atoms with van der Waals surface area (Å²) in [6.07, 6.45) is 9.59. The fraction of sp³-hybridized carbons (Fsp3) is 0.500. The number of nitrogens with zero attached hydrogens (tertiary/aromatic N) is 2. The molecule has 1 aliphatic rings. The number of rotatable bonds is 8. The summed E-state index contributed by atoms with van der Waals surface area (Å²) in [5, 5.41) is 4.58. The van der Waals surface area contributed by atoms with Gasteiger partial charge in [-0.05, 0) is 50.1 Å². The van der Waals surface area contributed by atoms with Crippen LogP contribution in [0.15, 0.2) is 40.1 Å².